The SMILES string of the molecule is CC1=NN(C(C)C)c2nc3c(c(=O)n(Cc4ccccc4)c(=O)n3C)n2C1C. The van der Waals surface area contributed by atoms with Crippen molar-refractivity contribution >= 4 is 22.8 Å². The number of hydrogen-bond acceptors (Lipinski definition) is 5. The van der Waals surface area contributed by atoms with Gasteiger partial charge >= 0.3 is 5.69 Å². The van der Waals surface area contributed by atoms with Crippen molar-refractivity contribution in [3.63, 3.8) is 0 Å². The van der Waals surface area contributed by atoms with Gasteiger partial charge in [0.2, 0.25) is 5.95 Å². The molecule has 0 saturated heterocycles. The molecule has 3 aromatic rings. The van der Waals surface area contributed by atoms with Crippen LogP contribution in [0.5, 0.6) is 0 Å². The maximum absolute atomic E-state index is 13.4. The molecule has 4 rings (SSSR count). The number of hydrazone groups is 1. The highest BCUT2D eigenvalue weighted by Gasteiger charge is 2.31. The van der Waals surface area contributed by atoms with Gasteiger partial charge in [-0.2, -0.15) is 10.1 Å². The van der Waals surface area contributed by atoms with Crippen LogP contribution in [0.25, 0.3) is 11.2 Å². The molecule has 1 unspecified atom stereocenters. The highest BCUT2D eigenvalue weighted by molar-refractivity contribution is 5.91. The number of aryl methyl sites for hydroxylation is 1. The largest absolute Gasteiger partial charge is 0.332 e. The Kier molecular flexibility index (Phi) is 4.21. The zero-order chi connectivity index (χ0) is 20.2. The van der Waals surface area contributed by atoms with E-state index in [1.54, 1.807) is 12.1 Å². The van der Waals surface area contributed by atoms with E-state index in [1.807, 2.05) is 62.6 Å². The molecule has 0 saturated carbocycles. The molecule has 28 heavy (non-hydrogen) atoms. The van der Waals surface area contributed by atoms with E-state index in [2.05, 4.69) is 10.1 Å². The lowest BCUT2D eigenvalue weighted by molar-refractivity contribution is 0.596. The smallest absolute Gasteiger partial charge is 0.294 e. The van der Waals surface area contributed by atoms with Crippen molar-refractivity contribution in [1.82, 2.24) is 18.7 Å². The van der Waals surface area contributed by atoms with Crippen molar-refractivity contribution in [3.8, 4) is 0 Å². The van der Waals surface area contributed by atoms with Crippen LogP contribution >= 0.6 is 0 Å². The summed E-state index contributed by atoms with van der Waals surface area (Å²) in [5.74, 6) is 0.590. The molecule has 2 aromatic heterocycles. The minimum atomic E-state index is -0.377. The molecular formula is C20H24N6O2. The quantitative estimate of drug-likeness (QED) is 0.697. The fourth-order valence-electron chi connectivity index (χ4n) is 3.59. The second-order valence-corrected chi connectivity index (χ2v) is 7.53. The Morgan fingerprint density at radius 3 is 2.46 bits per heavy atom. The van der Waals surface area contributed by atoms with Crippen molar-refractivity contribution in [2.75, 3.05) is 5.01 Å². The van der Waals surface area contributed by atoms with Gasteiger partial charge in [0.1, 0.15) is 0 Å². The van der Waals surface area contributed by atoms with Crippen molar-refractivity contribution in [2.45, 2.75) is 46.3 Å². The van der Waals surface area contributed by atoms with Crippen molar-refractivity contribution in [3.05, 3.63) is 56.7 Å². The molecule has 0 amide bonds. The Morgan fingerprint density at radius 1 is 1.14 bits per heavy atom. The summed E-state index contributed by atoms with van der Waals surface area (Å²) >= 11 is 0. The molecule has 0 radical (unpaired) electrons. The molecule has 0 N–H and O–H groups in total. The highest BCUT2D eigenvalue weighted by Crippen LogP contribution is 2.30. The van der Waals surface area contributed by atoms with Crippen LogP contribution in [-0.4, -0.2) is 30.4 Å². The van der Waals surface area contributed by atoms with Crippen LogP contribution in [0.2, 0.25) is 0 Å². The van der Waals surface area contributed by atoms with E-state index >= 15 is 0 Å². The first-order chi connectivity index (χ1) is 13.3. The van der Waals surface area contributed by atoms with Gasteiger partial charge in [-0.1, -0.05) is 30.3 Å². The number of aromatic nitrogens is 4. The second-order valence-electron chi connectivity index (χ2n) is 7.53. The first kappa shape index (κ1) is 18.2. The molecule has 1 aliphatic heterocycles. The number of benzene rings is 1. The normalized spacial score (nSPS) is 16.6. The lowest BCUT2D eigenvalue weighted by Crippen LogP contribution is -2.41. The van der Waals surface area contributed by atoms with Crippen LogP contribution < -0.4 is 16.3 Å². The summed E-state index contributed by atoms with van der Waals surface area (Å²) in [6, 6.07) is 9.46. The summed E-state index contributed by atoms with van der Waals surface area (Å²) in [5.41, 5.74) is 1.90. The molecule has 0 fully saturated rings. The third-order valence-corrected chi connectivity index (χ3v) is 5.29. The van der Waals surface area contributed by atoms with Gasteiger partial charge in [-0.25, -0.2) is 9.80 Å². The molecule has 0 spiro atoms. The monoisotopic (exact) mass is 380 g/mol. The van der Waals surface area contributed by atoms with Crippen LogP contribution in [0.1, 0.15) is 39.3 Å². The van der Waals surface area contributed by atoms with E-state index in [0.717, 1.165) is 11.3 Å². The Bertz CT molecular complexity index is 1200. The fourth-order valence-corrected chi connectivity index (χ4v) is 3.59. The first-order valence-corrected chi connectivity index (χ1v) is 9.41. The van der Waals surface area contributed by atoms with E-state index in [0.29, 0.717) is 17.1 Å². The number of fused-ring (bicyclic) bond motifs is 3. The molecule has 1 aliphatic rings. The molecule has 0 bridgehead atoms. The first-order valence-electron chi connectivity index (χ1n) is 9.41. The topological polar surface area (TPSA) is 77.4 Å². The van der Waals surface area contributed by atoms with Gasteiger partial charge in [0.05, 0.1) is 24.3 Å². The fraction of sp³-hybridized carbons (Fsp3) is 0.400. The number of hydrogen-bond donors (Lipinski definition) is 0. The van der Waals surface area contributed by atoms with E-state index in [4.69, 9.17) is 0 Å². The third-order valence-electron chi connectivity index (χ3n) is 5.29. The summed E-state index contributed by atoms with van der Waals surface area (Å²) in [7, 11) is 1.66. The van der Waals surface area contributed by atoms with Gasteiger partial charge in [-0.05, 0) is 33.3 Å². The minimum Gasteiger partial charge on any atom is -0.294 e. The molecule has 3 heterocycles. The van der Waals surface area contributed by atoms with Crippen LogP contribution in [0.4, 0.5) is 5.95 Å². The predicted molar refractivity (Wildman–Crippen MR) is 110 cm³/mol. The van der Waals surface area contributed by atoms with E-state index < -0.39 is 0 Å². The number of imidazole rings is 1. The lowest BCUT2D eigenvalue weighted by Gasteiger charge is -2.31. The summed E-state index contributed by atoms with van der Waals surface area (Å²) in [6.45, 7) is 8.19. The highest BCUT2D eigenvalue weighted by atomic mass is 16.2. The third kappa shape index (κ3) is 2.59. The van der Waals surface area contributed by atoms with Crippen molar-refractivity contribution in [1.29, 1.82) is 0 Å². The zero-order valence-corrected chi connectivity index (χ0v) is 16.7. The maximum atomic E-state index is 13.4. The molecule has 146 valence electrons. The second kappa shape index (κ2) is 6.47. The Labute approximate surface area is 162 Å². The van der Waals surface area contributed by atoms with Crippen molar-refractivity contribution < 1.29 is 0 Å². The summed E-state index contributed by atoms with van der Waals surface area (Å²) in [4.78, 5) is 31.0. The Morgan fingerprint density at radius 2 is 1.82 bits per heavy atom. The lowest BCUT2D eigenvalue weighted by atomic mass is 10.2. The summed E-state index contributed by atoms with van der Waals surface area (Å²) in [6.07, 6.45) is 0. The number of rotatable bonds is 3. The Hall–Kier alpha value is -3.16. The zero-order valence-electron chi connectivity index (χ0n) is 16.7. The average Bonchev–Trinajstić information content (AvgIpc) is 3.08. The number of anilines is 1. The van der Waals surface area contributed by atoms with Crippen LogP contribution in [0.3, 0.4) is 0 Å². The van der Waals surface area contributed by atoms with Crippen LogP contribution in [-0.2, 0) is 13.6 Å². The predicted octanol–water partition coefficient (Wildman–Crippen LogP) is 2.11. The molecule has 8 nitrogen and oxygen atoms in total. The van der Waals surface area contributed by atoms with E-state index in [-0.39, 0.29) is 29.9 Å². The van der Waals surface area contributed by atoms with Gasteiger partial charge in [0.15, 0.2) is 11.2 Å². The minimum absolute atomic E-state index is 0.0709. The molecule has 1 atom stereocenters. The number of nitrogens with zero attached hydrogens (tertiary/aromatic N) is 6. The van der Waals surface area contributed by atoms with Gasteiger partial charge in [-0.15, -0.1) is 0 Å². The van der Waals surface area contributed by atoms with Crippen LogP contribution in [0, 0.1) is 0 Å². The van der Waals surface area contributed by atoms with E-state index in [1.165, 1.54) is 9.13 Å². The summed E-state index contributed by atoms with van der Waals surface area (Å²) in [5, 5.41) is 6.45. The molecular weight excluding hydrogens is 356 g/mol. The van der Waals surface area contributed by atoms with Gasteiger partial charge in [-0.3, -0.25) is 18.5 Å². The van der Waals surface area contributed by atoms with E-state index in [9.17, 15) is 9.59 Å². The van der Waals surface area contributed by atoms with Crippen molar-refractivity contribution in [2.24, 2.45) is 12.1 Å². The van der Waals surface area contributed by atoms with Gasteiger partial charge < -0.3 is 0 Å². The van der Waals surface area contributed by atoms with Gasteiger partial charge in [0, 0.05) is 7.05 Å². The Balaban J connectivity index is 2.03. The molecule has 1 aromatic carbocycles. The molecule has 8 heteroatoms. The standard InChI is InChI=1S/C20H24N6O2/c1-12(2)26-19-21-17-16(25(19)14(4)13(3)22-26)18(27)24(20(28)23(17)5)11-15-9-7-6-8-10-15/h6-10,12,14H,11H2,1-5H3. The maximum Gasteiger partial charge on any atom is 0.332 e. The van der Waals surface area contributed by atoms with Crippen LogP contribution in [0.15, 0.2) is 45.0 Å². The summed E-state index contributed by atoms with van der Waals surface area (Å²) < 4.78 is 4.63. The molecule has 0 aliphatic carbocycles. The average molecular weight is 380 g/mol. The van der Waals surface area contributed by atoms with Gasteiger partial charge in [0.25, 0.3) is 5.56 Å².